The van der Waals surface area contributed by atoms with E-state index >= 15 is 0 Å². The van der Waals surface area contributed by atoms with Crippen molar-refractivity contribution < 1.29 is 9.46 Å². The number of hydrogen-bond acceptors (Lipinski definition) is 2. The summed E-state index contributed by atoms with van der Waals surface area (Å²) >= 11 is 0. The van der Waals surface area contributed by atoms with E-state index in [9.17, 15) is 9.46 Å². The van der Waals surface area contributed by atoms with E-state index in [1.807, 2.05) is 0 Å². The average Bonchev–Trinajstić information content (AvgIpc) is 2.32. The van der Waals surface area contributed by atoms with Crippen LogP contribution in [0.2, 0.25) is 0 Å². The van der Waals surface area contributed by atoms with Crippen LogP contribution in [0.25, 0.3) is 0 Å². The van der Waals surface area contributed by atoms with Gasteiger partial charge < -0.3 is 4.89 Å². The molecule has 0 aliphatic rings. The van der Waals surface area contributed by atoms with Crippen molar-refractivity contribution in [1.29, 1.82) is 0 Å². The molecule has 0 radical (unpaired) electrons. The lowest BCUT2D eigenvalue weighted by Crippen LogP contribution is -2.28. The second kappa shape index (κ2) is 10.0. The lowest BCUT2D eigenvalue weighted by Gasteiger charge is -2.25. The standard InChI is InChI=1S/C14H29O2P/c1-4-7-10-13-14(17(15)16,11-8-5-2)12-9-6-3/h4-13H2,1-3H3. The smallest absolute Gasteiger partial charge is 0.315 e. The Morgan fingerprint density at radius 1 is 0.824 bits per heavy atom. The van der Waals surface area contributed by atoms with Gasteiger partial charge in [-0.25, -0.2) is 0 Å². The molecule has 17 heavy (non-hydrogen) atoms. The Labute approximate surface area is 108 Å². The first-order chi connectivity index (χ1) is 8.13. The van der Waals surface area contributed by atoms with Crippen LogP contribution in [0.4, 0.5) is 0 Å². The quantitative estimate of drug-likeness (QED) is 0.396. The van der Waals surface area contributed by atoms with Crippen molar-refractivity contribution >= 4 is 8.03 Å². The molecule has 0 saturated carbocycles. The maximum absolute atomic E-state index is 11.7. The molecule has 0 fully saturated rings. The molecule has 102 valence electrons. The summed E-state index contributed by atoms with van der Waals surface area (Å²) in [6.07, 6.45) is 10.2. The fourth-order valence-electron chi connectivity index (χ4n) is 2.36. The van der Waals surface area contributed by atoms with Crippen molar-refractivity contribution in [2.24, 2.45) is 0 Å². The minimum absolute atomic E-state index is 0.392. The SMILES string of the molecule is CCCCCC(CCCC)(CCCC)[P+](=O)[O-]. The summed E-state index contributed by atoms with van der Waals surface area (Å²) in [7, 11) is -2.29. The molecular weight excluding hydrogens is 231 g/mol. The van der Waals surface area contributed by atoms with E-state index in [1.165, 1.54) is 0 Å². The van der Waals surface area contributed by atoms with Crippen molar-refractivity contribution in [1.82, 2.24) is 0 Å². The van der Waals surface area contributed by atoms with Crippen LogP contribution < -0.4 is 4.89 Å². The largest absolute Gasteiger partial charge is 0.595 e. The van der Waals surface area contributed by atoms with E-state index in [-0.39, 0.29) is 0 Å². The highest BCUT2D eigenvalue weighted by molar-refractivity contribution is 7.38. The lowest BCUT2D eigenvalue weighted by molar-refractivity contribution is -0.170. The van der Waals surface area contributed by atoms with E-state index in [4.69, 9.17) is 0 Å². The number of rotatable bonds is 11. The van der Waals surface area contributed by atoms with Gasteiger partial charge in [-0.15, -0.1) is 0 Å². The summed E-state index contributed by atoms with van der Waals surface area (Å²) in [6.45, 7) is 6.43. The summed E-state index contributed by atoms with van der Waals surface area (Å²) in [5, 5.41) is -0.392. The molecule has 0 N–H and O–H groups in total. The Balaban J connectivity index is 4.50. The van der Waals surface area contributed by atoms with Crippen molar-refractivity contribution in [3.8, 4) is 0 Å². The maximum atomic E-state index is 11.7. The van der Waals surface area contributed by atoms with Crippen molar-refractivity contribution in [3.63, 3.8) is 0 Å². The molecule has 0 amide bonds. The zero-order valence-electron chi connectivity index (χ0n) is 11.8. The van der Waals surface area contributed by atoms with Gasteiger partial charge in [-0.3, -0.25) is 0 Å². The molecule has 0 aliphatic carbocycles. The molecule has 0 heterocycles. The normalized spacial score (nSPS) is 12.8. The van der Waals surface area contributed by atoms with Gasteiger partial charge in [0.1, 0.15) is 0 Å². The van der Waals surface area contributed by atoms with E-state index in [0.29, 0.717) is 0 Å². The third-order valence-corrected chi connectivity index (χ3v) is 5.07. The van der Waals surface area contributed by atoms with Crippen LogP contribution in [-0.2, 0) is 4.57 Å². The Morgan fingerprint density at radius 3 is 1.59 bits per heavy atom. The molecule has 0 aromatic carbocycles. The van der Waals surface area contributed by atoms with Crippen molar-refractivity contribution in [3.05, 3.63) is 0 Å². The van der Waals surface area contributed by atoms with E-state index < -0.39 is 13.2 Å². The van der Waals surface area contributed by atoms with Crippen LogP contribution >= 0.6 is 8.03 Å². The molecular formula is C14H29O2P. The van der Waals surface area contributed by atoms with Gasteiger partial charge in [-0.05, 0) is 38.5 Å². The van der Waals surface area contributed by atoms with Gasteiger partial charge in [0.15, 0.2) is 5.16 Å². The fourth-order valence-corrected chi connectivity index (χ4v) is 3.39. The molecule has 3 heteroatoms. The molecule has 0 aliphatic heterocycles. The van der Waals surface area contributed by atoms with E-state index in [1.54, 1.807) is 0 Å². The summed E-state index contributed by atoms with van der Waals surface area (Å²) in [5.74, 6) is 0. The van der Waals surface area contributed by atoms with Crippen molar-refractivity contribution in [2.75, 3.05) is 0 Å². The molecule has 0 rings (SSSR count). The van der Waals surface area contributed by atoms with E-state index in [2.05, 4.69) is 20.8 Å². The van der Waals surface area contributed by atoms with Gasteiger partial charge in [-0.2, -0.15) is 0 Å². The first-order valence-electron chi connectivity index (χ1n) is 7.27. The second-order valence-corrected chi connectivity index (χ2v) is 6.61. The number of hydrogen-bond donors (Lipinski definition) is 0. The molecule has 1 unspecified atom stereocenters. The van der Waals surface area contributed by atoms with Gasteiger partial charge in [0.2, 0.25) is 0 Å². The topological polar surface area (TPSA) is 40.1 Å². The highest BCUT2D eigenvalue weighted by Crippen LogP contribution is 2.45. The maximum Gasteiger partial charge on any atom is 0.315 e. The summed E-state index contributed by atoms with van der Waals surface area (Å²) in [5.41, 5.74) is 0. The minimum Gasteiger partial charge on any atom is -0.595 e. The van der Waals surface area contributed by atoms with E-state index in [0.717, 1.165) is 64.2 Å². The minimum atomic E-state index is -2.29. The highest BCUT2D eigenvalue weighted by atomic mass is 31.1. The zero-order valence-corrected chi connectivity index (χ0v) is 12.7. The van der Waals surface area contributed by atoms with Crippen LogP contribution in [0.5, 0.6) is 0 Å². The van der Waals surface area contributed by atoms with Gasteiger partial charge in [0.05, 0.1) is 0 Å². The van der Waals surface area contributed by atoms with Crippen molar-refractivity contribution in [2.45, 2.75) is 90.1 Å². The Bertz CT molecular complexity index is 196. The number of unbranched alkanes of at least 4 members (excludes halogenated alkanes) is 4. The van der Waals surface area contributed by atoms with Gasteiger partial charge in [0.25, 0.3) is 0 Å². The fraction of sp³-hybridized carbons (Fsp3) is 1.00. The van der Waals surface area contributed by atoms with Gasteiger partial charge in [0, 0.05) is 0 Å². The third kappa shape index (κ3) is 6.52. The second-order valence-electron chi connectivity index (χ2n) is 5.15. The Kier molecular flexibility index (Phi) is 10.1. The molecule has 1 atom stereocenters. The van der Waals surface area contributed by atoms with Crippen LogP contribution in [-0.4, -0.2) is 5.16 Å². The Hall–Kier alpha value is 0.0600. The predicted molar refractivity (Wildman–Crippen MR) is 73.5 cm³/mol. The molecule has 0 aromatic rings. The molecule has 0 aromatic heterocycles. The third-order valence-electron chi connectivity index (χ3n) is 3.62. The summed E-state index contributed by atoms with van der Waals surface area (Å²) in [4.78, 5) is 11.7. The predicted octanol–water partition coefficient (Wildman–Crippen LogP) is 4.79. The molecule has 0 saturated heterocycles. The molecule has 0 spiro atoms. The Morgan fingerprint density at radius 2 is 1.24 bits per heavy atom. The molecule has 0 bridgehead atoms. The summed E-state index contributed by atoms with van der Waals surface area (Å²) in [6, 6.07) is 0. The van der Waals surface area contributed by atoms with Crippen LogP contribution in [0.15, 0.2) is 0 Å². The van der Waals surface area contributed by atoms with Crippen LogP contribution in [0, 0.1) is 0 Å². The average molecular weight is 260 g/mol. The monoisotopic (exact) mass is 260 g/mol. The van der Waals surface area contributed by atoms with Crippen LogP contribution in [0.1, 0.15) is 85.0 Å². The van der Waals surface area contributed by atoms with Gasteiger partial charge >= 0.3 is 8.03 Å². The van der Waals surface area contributed by atoms with Crippen LogP contribution in [0.3, 0.4) is 0 Å². The first kappa shape index (κ1) is 17.1. The van der Waals surface area contributed by atoms with Gasteiger partial charge in [-0.1, -0.05) is 51.0 Å². The highest BCUT2D eigenvalue weighted by Gasteiger charge is 2.40. The summed E-state index contributed by atoms with van der Waals surface area (Å²) < 4.78 is 11.7. The molecule has 2 nitrogen and oxygen atoms in total. The first-order valence-corrected chi connectivity index (χ1v) is 8.45. The lowest BCUT2D eigenvalue weighted by atomic mass is 9.89. The zero-order chi connectivity index (χ0) is 13.1.